The number of hydrogen-bond donors (Lipinski definition) is 2. The zero-order valence-corrected chi connectivity index (χ0v) is 17.0. The molecule has 0 fully saturated rings. The zero-order valence-electron chi connectivity index (χ0n) is 17.0. The molecule has 3 aromatic carbocycles. The Kier molecular flexibility index (Phi) is 5.65. The number of fused-ring (bicyclic) bond motifs is 1. The van der Waals surface area contributed by atoms with Crippen LogP contribution in [0.2, 0.25) is 0 Å². The van der Waals surface area contributed by atoms with Crippen molar-refractivity contribution >= 4 is 16.5 Å². The van der Waals surface area contributed by atoms with Gasteiger partial charge in [-0.25, -0.2) is 0 Å². The topological polar surface area (TPSA) is 53.3 Å². The number of halogens is 3. The van der Waals surface area contributed by atoms with Crippen molar-refractivity contribution in [3.63, 3.8) is 0 Å². The molecule has 0 aliphatic rings. The largest absolute Gasteiger partial charge is 0.496 e. The lowest BCUT2D eigenvalue weighted by atomic mass is 9.71. The third kappa shape index (κ3) is 3.79. The van der Waals surface area contributed by atoms with Crippen molar-refractivity contribution in [3.05, 3.63) is 77.9 Å². The van der Waals surface area contributed by atoms with E-state index in [9.17, 15) is 18.3 Å². The van der Waals surface area contributed by atoms with E-state index in [4.69, 9.17) is 10.1 Å². The molecule has 2 N–H and O–H groups in total. The highest BCUT2D eigenvalue weighted by molar-refractivity contribution is 6.13. The lowest BCUT2D eigenvalue weighted by Crippen LogP contribution is -2.55. The number of para-hydroxylation sites is 1. The van der Waals surface area contributed by atoms with Gasteiger partial charge in [0, 0.05) is 12.0 Å². The standard InChI is InChI=1S/C24H24F3NO2/c1-22(2,19-13-6-7-14-20(19)30-3)15-23(29,24(25,26)27)21(28)18-12-8-10-16-9-4-5-11-17(16)18/h4-14,28-29H,15H2,1-3H3. The van der Waals surface area contributed by atoms with E-state index in [1.807, 2.05) is 0 Å². The molecule has 3 nitrogen and oxygen atoms in total. The number of methoxy groups -OCH3 is 1. The van der Waals surface area contributed by atoms with Crippen LogP contribution in [0.5, 0.6) is 5.75 Å². The minimum atomic E-state index is -5.04. The normalized spacial score (nSPS) is 14.4. The van der Waals surface area contributed by atoms with Gasteiger partial charge in [0.1, 0.15) is 5.75 Å². The molecular formula is C24H24F3NO2. The number of ether oxygens (including phenoxy) is 1. The summed E-state index contributed by atoms with van der Waals surface area (Å²) in [5.74, 6) is 0.434. The van der Waals surface area contributed by atoms with Gasteiger partial charge in [-0.15, -0.1) is 0 Å². The molecule has 6 heteroatoms. The smallest absolute Gasteiger partial charge is 0.423 e. The van der Waals surface area contributed by atoms with E-state index in [1.165, 1.54) is 13.2 Å². The number of rotatable bonds is 6. The van der Waals surface area contributed by atoms with E-state index in [0.717, 1.165) is 0 Å². The lowest BCUT2D eigenvalue weighted by Gasteiger charge is -2.39. The third-order valence-electron chi connectivity index (χ3n) is 5.48. The number of alkyl halides is 3. The van der Waals surface area contributed by atoms with Gasteiger partial charge in [0.05, 0.1) is 12.8 Å². The summed E-state index contributed by atoms with van der Waals surface area (Å²) in [5.41, 5.74) is -4.76. The number of benzene rings is 3. The molecule has 0 spiro atoms. The maximum Gasteiger partial charge on any atom is 0.423 e. The molecule has 0 radical (unpaired) electrons. The molecule has 1 unspecified atom stereocenters. The first-order valence-corrected chi connectivity index (χ1v) is 9.51. The van der Waals surface area contributed by atoms with Crippen LogP contribution in [0.1, 0.15) is 31.4 Å². The van der Waals surface area contributed by atoms with Gasteiger partial charge in [-0.2, -0.15) is 13.2 Å². The Bertz CT molecular complexity index is 1070. The Morgan fingerprint density at radius 1 is 0.933 bits per heavy atom. The van der Waals surface area contributed by atoms with Crippen molar-refractivity contribution in [1.29, 1.82) is 5.41 Å². The van der Waals surface area contributed by atoms with Crippen LogP contribution in [0.4, 0.5) is 13.2 Å². The van der Waals surface area contributed by atoms with Crippen molar-refractivity contribution < 1.29 is 23.0 Å². The molecule has 30 heavy (non-hydrogen) atoms. The summed E-state index contributed by atoms with van der Waals surface area (Å²) < 4.78 is 48.1. The van der Waals surface area contributed by atoms with Crippen molar-refractivity contribution in [2.24, 2.45) is 0 Å². The summed E-state index contributed by atoms with van der Waals surface area (Å²) in [4.78, 5) is 0. The number of nitrogens with one attached hydrogen (secondary N) is 1. The van der Waals surface area contributed by atoms with Gasteiger partial charge < -0.3 is 15.3 Å². The maximum atomic E-state index is 14.2. The molecule has 3 aromatic rings. The number of hydrogen-bond acceptors (Lipinski definition) is 3. The first kappa shape index (κ1) is 21.8. The second-order valence-corrected chi connectivity index (χ2v) is 8.02. The molecule has 0 saturated heterocycles. The van der Waals surface area contributed by atoms with Gasteiger partial charge in [-0.1, -0.05) is 74.5 Å². The van der Waals surface area contributed by atoms with E-state index >= 15 is 0 Å². The van der Waals surface area contributed by atoms with Crippen LogP contribution < -0.4 is 4.74 Å². The minimum absolute atomic E-state index is 0.0590. The van der Waals surface area contributed by atoms with Crippen LogP contribution in [0.15, 0.2) is 66.7 Å². The summed E-state index contributed by atoms with van der Waals surface area (Å²) >= 11 is 0. The maximum absolute atomic E-state index is 14.2. The monoisotopic (exact) mass is 415 g/mol. The van der Waals surface area contributed by atoms with Crippen LogP contribution in [-0.2, 0) is 5.41 Å². The van der Waals surface area contributed by atoms with Crippen LogP contribution >= 0.6 is 0 Å². The molecule has 0 bridgehead atoms. The highest BCUT2D eigenvalue weighted by atomic mass is 19.4. The van der Waals surface area contributed by atoms with Gasteiger partial charge in [-0.05, 0) is 27.8 Å². The fraction of sp³-hybridized carbons (Fsp3) is 0.292. The average Bonchev–Trinajstić information content (AvgIpc) is 2.71. The van der Waals surface area contributed by atoms with E-state index in [-0.39, 0.29) is 5.56 Å². The minimum Gasteiger partial charge on any atom is -0.496 e. The van der Waals surface area contributed by atoms with Crippen LogP contribution in [0.3, 0.4) is 0 Å². The molecular weight excluding hydrogens is 391 g/mol. The van der Waals surface area contributed by atoms with Crippen molar-refractivity contribution in [1.82, 2.24) is 0 Å². The Morgan fingerprint density at radius 2 is 1.53 bits per heavy atom. The summed E-state index contributed by atoms with van der Waals surface area (Å²) in [5, 5.41) is 20.7. The predicted molar refractivity (Wildman–Crippen MR) is 112 cm³/mol. The highest BCUT2D eigenvalue weighted by Gasteiger charge is 2.59. The van der Waals surface area contributed by atoms with Crippen LogP contribution in [-0.4, -0.2) is 29.7 Å². The highest BCUT2D eigenvalue weighted by Crippen LogP contribution is 2.45. The predicted octanol–water partition coefficient (Wildman–Crippen LogP) is 5.88. The molecule has 3 rings (SSSR count). The van der Waals surface area contributed by atoms with E-state index in [0.29, 0.717) is 22.1 Å². The summed E-state index contributed by atoms with van der Waals surface area (Å²) in [6, 6.07) is 18.5. The third-order valence-corrected chi connectivity index (χ3v) is 5.48. The molecule has 0 amide bonds. The summed E-state index contributed by atoms with van der Waals surface area (Å²) in [7, 11) is 1.45. The lowest BCUT2D eigenvalue weighted by molar-refractivity contribution is -0.236. The first-order chi connectivity index (χ1) is 14.0. The fourth-order valence-electron chi connectivity index (χ4n) is 3.94. The zero-order chi connectivity index (χ0) is 22.2. The fourth-order valence-corrected chi connectivity index (χ4v) is 3.94. The van der Waals surface area contributed by atoms with Gasteiger partial charge >= 0.3 is 6.18 Å². The van der Waals surface area contributed by atoms with Gasteiger partial charge in [0.25, 0.3) is 0 Å². The van der Waals surface area contributed by atoms with E-state index in [2.05, 4.69) is 0 Å². The van der Waals surface area contributed by atoms with Crippen LogP contribution in [0.25, 0.3) is 10.8 Å². The Balaban J connectivity index is 2.12. The summed E-state index contributed by atoms with van der Waals surface area (Å²) in [6.07, 6.45) is -5.77. The van der Waals surface area contributed by atoms with E-state index < -0.39 is 29.3 Å². The Labute approximate surface area is 173 Å². The number of aliphatic hydroxyl groups is 1. The summed E-state index contributed by atoms with van der Waals surface area (Å²) in [6.45, 7) is 3.22. The quantitative estimate of drug-likeness (QED) is 0.494. The second kappa shape index (κ2) is 7.76. The van der Waals surface area contributed by atoms with Crippen molar-refractivity contribution in [2.75, 3.05) is 7.11 Å². The van der Waals surface area contributed by atoms with Crippen LogP contribution in [0, 0.1) is 5.41 Å². The van der Waals surface area contributed by atoms with Gasteiger partial charge in [-0.3, -0.25) is 0 Å². The molecule has 1 atom stereocenters. The van der Waals surface area contributed by atoms with E-state index in [1.54, 1.807) is 74.5 Å². The SMILES string of the molecule is COc1ccccc1C(C)(C)CC(O)(C(=N)c1cccc2ccccc12)C(F)(F)F. The molecule has 0 aromatic heterocycles. The van der Waals surface area contributed by atoms with Gasteiger partial charge in [0.2, 0.25) is 5.60 Å². The Hall–Kier alpha value is -2.86. The molecule has 0 aliphatic heterocycles. The molecule has 0 aliphatic carbocycles. The van der Waals surface area contributed by atoms with Crippen molar-refractivity contribution in [3.8, 4) is 5.75 Å². The average molecular weight is 415 g/mol. The molecule has 0 heterocycles. The second-order valence-electron chi connectivity index (χ2n) is 8.02. The first-order valence-electron chi connectivity index (χ1n) is 9.51. The molecule has 158 valence electrons. The van der Waals surface area contributed by atoms with Crippen molar-refractivity contribution in [2.45, 2.75) is 37.5 Å². The Morgan fingerprint density at radius 3 is 2.20 bits per heavy atom. The van der Waals surface area contributed by atoms with Gasteiger partial charge in [0.15, 0.2) is 0 Å². The molecule has 0 saturated carbocycles.